The van der Waals surface area contributed by atoms with Crippen molar-refractivity contribution in [3.8, 4) is 0 Å². The van der Waals surface area contributed by atoms with Crippen LogP contribution >= 0.6 is 0 Å². The Morgan fingerprint density at radius 3 is 2.69 bits per heavy atom. The van der Waals surface area contributed by atoms with Gasteiger partial charge in [-0.1, -0.05) is 12.1 Å². The lowest BCUT2D eigenvalue weighted by molar-refractivity contribution is -0.137. The van der Waals surface area contributed by atoms with E-state index in [1.165, 1.54) is 6.07 Å². The number of carbonyl (C=O) groups excluding carboxylic acids is 2. The van der Waals surface area contributed by atoms with Gasteiger partial charge < -0.3 is 10.2 Å². The molecule has 0 spiro atoms. The van der Waals surface area contributed by atoms with Gasteiger partial charge in [0.25, 0.3) is 0 Å². The molecule has 0 aromatic heterocycles. The molecule has 2 aliphatic heterocycles. The molecule has 8 heteroatoms. The third-order valence-electron chi connectivity index (χ3n) is 4.99. The van der Waals surface area contributed by atoms with Gasteiger partial charge in [0.2, 0.25) is 11.8 Å². The van der Waals surface area contributed by atoms with Gasteiger partial charge in [0.05, 0.1) is 12.1 Å². The summed E-state index contributed by atoms with van der Waals surface area (Å²) in [5.74, 6) is -0.0565. The lowest BCUT2D eigenvalue weighted by atomic mass is 10.1. The van der Waals surface area contributed by atoms with Gasteiger partial charge in [-0.15, -0.1) is 0 Å². The number of nitrogens with zero attached hydrogens (tertiary/aromatic N) is 2. The SMILES string of the molecule is O=C1CN(C2CCC(=O)N(Cc3cccc(C(F)(F)F)c3)CC2)CCN1. The van der Waals surface area contributed by atoms with Crippen molar-refractivity contribution in [2.24, 2.45) is 0 Å². The summed E-state index contributed by atoms with van der Waals surface area (Å²) in [6.45, 7) is 2.37. The molecule has 0 aliphatic carbocycles. The van der Waals surface area contributed by atoms with E-state index in [2.05, 4.69) is 10.2 Å². The van der Waals surface area contributed by atoms with E-state index in [9.17, 15) is 22.8 Å². The number of hydrogen-bond acceptors (Lipinski definition) is 3. The summed E-state index contributed by atoms with van der Waals surface area (Å²) in [4.78, 5) is 27.7. The molecular formula is C18H22F3N3O2. The lowest BCUT2D eigenvalue weighted by Gasteiger charge is -2.33. The van der Waals surface area contributed by atoms with Gasteiger partial charge in [-0.2, -0.15) is 13.2 Å². The summed E-state index contributed by atoms with van der Waals surface area (Å²) < 4.78 is 38.6. The second-order valence-corrected chi connectivity index (χ2v) is 6.82. The molecule has 0 bridgehead atoms. The number of hydrogen-bond donors (Lipinski definition) is 1. The Hall–Kier alpha value is -2.09. The molecule has 1 aromatic rings. The van der Waals surface area contributed by atoms with Crippen molar-refractivity contribution in [2.45, 2.75) is 38.0 Å². The van der Waals surface area contributed by atoms with E-state index in [-0.39, 0.29) is 24.4 Å². The quantitative estimate of drug-likeness (QED) is 0.887. The van der Waals surface area contributed by atoms with Crippen LogP contribution in [0, 0.1) is 0 Å². The zero-order valence-electron chi connectivity index (χ0n) is 14.4. The summed E-state index contributed by atoms with van der Waals surface area (Å²) in [5, 5.41) is 2.78. The Bertz CT molecular complexity index is 678. The minimum Gasteiger partial charge on any atom is -0.354 e. The predicted octanol–water partition coefficient (Wildman–Crippen LogP) is 2.02. The van der Waals surface area contributed by atoms with Gasteiger partial charge in [-0.25, -0.2) is 0 Å². The fourth-order valence-corrected chi connectivity index (χ4v) is 3.59. The van der Waals surface area contributed by atoms with Crippen molar-refractivity contribution in [3.63, 3.8) is 0 Å². The molecule has 0 radical (unpaired) electrons. The van der Waals surface area contributed by atoms with Crippen molar-refractivity contribution >= 4 is 11.8 Å². The average molecular weight is 369 g/mol. The molecule has 1 unspecified atom stereocenters. The van der Waals surface area contributed by atoms with E-state index in [0.717, 1.165) is 25.1 Å². The number of piperazine rings is 1. The van der Waals surface area contributed by atoms with Crippen LogP contribution in [-0.4, -0.2) is 53.8 Å². The van der Waals surface area contributed by atoms with Gasteiger partial charge in [0, 0.05) is 38.6 Å². The average Bonchev–Trinajstić information content (AvgIpc) is 2.77. The zero-order valence-corrected chi connectivity index (χ0v) is 14.4. The first-order valence-corrected chi connectivity index (χ1v) is 8.77. The summed E-state index contributed by atoms with van der Waals surface area (Å²) in [7, 11) is 0. The van der Waals surface area contributed by atoms with Crippen molar-refractivity contribution in [1.29, 1.82) is 0 Å². The highest BCUT2D eigenvalue weighted by molar-refractivity contribution is 5.79. The van der Waals surface area contributed by atoms with Gasteiger partial charge in [0.1, 0.15) is 0 Å². The molecule has 142 valence electrons. The van der Waals surface area contributed by atoms with Crippen molar-refractivity contribution < 1.29 is 22.8 Å². The minimum atomic E-state index is -4.39. The maximum atomic E-state index is 12.9. The normalized spacial score (nSPS) is 22.9. The van der Waals surface area contributed by atoms with Crippen LogP contribution in [0.5, 0.6) is 0 Å². The summed E-state index contributed by atoms with van der Waals surface area (Å²) in [5.41, 5.74) is -0.224. The molecule has 5 nitrogen and oxygen atoms in total. The van der Waals surface area contributed by atoms with Crippen LogP contribution in [0.3, 0.4) is 0 Å². The molecule has 2 amide bonds. The number of carbonyl (C=O) groups is 2. The Morgan fingerprint density at radius 1 is 1.15 bits per heavy atom. The third-order valence-corrected chi connectivity index (χ3v) is 4.99. The van der Waals surface area contributed by atoms with Crippen LogP contribution in [0.25, 0.3) is 0 Å². The number of benzene rings is 1. The number of nitrogens with one attached hydrogen (secondary N) is 1. The molecule has 0 saturated carbocycles. The van der Waals surface area contributed by atoms with Gasteiger partial charge in [0.15, 0.2) is 0 Å². The largest absolute Gasteiger partial charge is 0.416 e. The second kappa shape index (κ2) is 7.65. The Morgan fingerprint density at radius 2 is 1.96 bits per heavy atom. The molecule has 1 aromatic carbocycles. The second-order valence-electron chi connectivity index (χ2n) is 6.82. The topological polar surface area (TPSA) is 52.7 Å². The molecule has 2 fully saturated rings. The summed E-state index contributed by atoms with van der Waals surface area (Å²) in [6, 6.07) is 5.27. The maximum absolute atomic E-state index is 12.9. The monoisotopic (exact) mass is 369 g/mol. The minimum absolute atomic E-state index is 0.00681. The highest BCUT2D eigenvalue weighted by atomic mass is 19.4. The van der Waals surface area contributed by atoms with Crippen molar-refractivity contribution in [3.05, 3.63) is 35.4 Å². The highest BCUT2D eigenvalue weighted by Crippen LogP contribution is 2.30. The highest BCUT2D eigenvalue weighted by Gasteiger charge is 2.31. The van der Waals surface area contributed by atoms with Crippen LogP contribution in [-0.2, 0) is 22.3 Å². The Kier molecular flexibility index (Phi) is 5.50. The standard InChI is InChI=1S/C18H22F3N3O2/c19-18(20,21)14-3-1-2-13(10-14)11-24-8-6-15(4-5-17(24)26)23-9-7-22-16(25)12-23/h1-3,10,15H,4-9,11-12H2,(H,22,25). The van der Waals surface area contributed by atoms with Gasteiger partial charge in [-0.3, -0.25) is 14.5 Å². The number of halogens is 3. The van der Waals surface area contributed by atoms with Crippen LogP contribution < -0.4 is 5.32 Å². The number of likely N-dealkylation sites (tertiary alicyclic amines) is 1. The fraction of sp³-hybridized carbons (Fsp3) is 0.556. The summed E-state index contributed by atoms with van der Waals surface area (Å²) in [6.07, 6.45) is -2.65. The van der Waals surface area contributed by atoms with E-state index >= 15 is 0 Å². The molecule has 2 heterocycles. The van der Waals surface area contributed by atoms with E-state index < -0.39 is 11.7 Å². The Labute approximate surface area is 150 Å². The molecule has 2 aliphatic rings. The number of alkyl halides is 3. The number of amides is 2. The van der Waals surface area contributed by atoms with E-state index in [1.54, 1.807) is 11.0 Å². The summed E-state index contributed by atoms with van der Waals surface area (Å²) >= 11 is 0. The smallest absolute Gasteiger partial charge is 0.354 e. The van der Waals surface area contributed by atoms with E-state index in [1.807, 2.05) is 0 Å². The first-order valence-electron chi connectivity index (χ1n) is 8.77. The lowest BCUT2D eigenvalue weighted by Crippen LogP contribution is -2.51. The zero-order chi connectivity index (χ0) is 18.7. The third kappa shape index (κ3) is 4.55. The molecule has 1 N–H and O–H groups in total. The van der Waals surface area contributed by atoms with Crippen molar-refractivity contribution in [2.75, 3.05) is 26.2 Å². The molecular weight excluding hydrogens is 347 g/mol. The maximum Gasteiger partial charge on any atom is 0.416 e. The molecule has 3 rings (SSSR count). The van der Waals surface area contributed by atoms with Crippen molar-refractivity contribution in [1.82, 2.24) is 15.1 Å². The van der Waals surface area contributed by atoms with E-state index in [0.29, 0.717) is 38.0 Å². The van der Waals surface area contributed by atoms with Crippen LogP contribution in [0.4, 0.5) is 13.2 Å². The molecule has 26 heavy (non-hydrogen) atoms. The van der Waals surface area contributed by atoms with E-state index in [4.69, 9.17) is 0 Å². The fourth-order valence-electron chi connectivity index (χ4n) is 3.59. The Balaban J connectivity index is 1.64. The molecule has 2 saturated heterocycles. The number of rotatable bonds is 3. The van der Waals surface area contributed by atoms with Crippen LogP contribution in [0.2, 0.25) is 0 Å². The van der Waals surface area contributed by atoms with Crippen LogP contribution in [0.1, 0.15) is 30.4 Å². The van der Waals surface area contributed by atoms with Gasteiger partial charge >= 0.3 is 6.18 Å². The first kappa shape index (κ1) is 18.7. The first-order chi connectivity index (χ1) is 12.3. The predicted molar refractivity (Wildman–Crippen MR) is 89.1 cm³/mol. The van der Waals surface area contributed by atoms with Crippen LogP contribution in [0.15, 0.2) is 24.3 Å². The van der Waals surface area contributed by atoms with Gasteiger partial charge in [-0.05, 0) is 30.5 Å². The molecule has 1 atom stereocenters.